The van der Waals surface area contributed by atoms with Gasteiger partial charge in [0.05, 0.1) is 4.47 Å². The Hall–Kier alpha value is -2.74. The number of rotatable bonds is 3. The fourth-order valence-electron chi connectivity index (χ4n) is 2.52. The van der Waals surface area contributed by atoms with Crippen LogP contribution in [0.1, 0.15) is 23.2 Å². The van der Waals surface area contributed by atoms with E-state index < -0.39 is 0 Å². The minimum Gasteiger partial charge on any atom is -0.368 e. The molecule has 0 spiro atoms. The Labute approximate surface area is 167 Å². The first kappa shape index (κ1) is 20.6. The van der Waals surface area contributed by atoms with Crippen LogP contribution in [-0.2, 0) is 4.79 Å². The maximum absolute atomic E-state index is 12.1. The Balaban J connectivity index is 0.000000273. The summed E-state index contributed by atoms with van der Waals surface area (Å²) in [5.74, 6) is 0.202. The Morgan fingerprint density at radius 3 is 2.22 bits per heavy atom. The smallest absolute Gasteiger partial charge is 0.253 e. The number of nitrogens with two attached hydrogens (primary N) is 1. The van der Waals surface area contributed by atoms with Gasteiger partial charge < -0.3 is 15.5 Å². The first-order chi connectivity index (χ1) is 12.9. The van der Waals surface area contributed by atoms with Gasteiger partial charge in [0, 0.05) is 43.8 Å². The van der Waals surface area contributed by atoms with Gasteiger partial charge in [0.2, 0.25) is 11.9 Å². The van der Waals surface area contributed by atoms with Crippen molar-refractivity contribution < 1.29 is 9.59 Å². The van der Waals surface area contributed by atoms with Crippen molar-refractivity contribution in [2.75, 3.05) is 30.8 Å². The van der Waals surface area contributed by atoms with E-state index in [1.807, 2.05) is 4.90 Å². The molecule has 1 aliphatic heterocycles. The normalized spacial score (nSPS) is 12.7. The number of halogens is 1. The number of likely N-dealkylation sites (N-methyl/N-ethyl adjacent to an activating group) is 1. The minimum atomic E-state index is -0.168. The van der Waals surface area contributed by atoms with E-state index in [9.17, 15) is 9.59 Å². The van der Waals surface area contributed by atoms with E-state index in [-0.39, 0.29) is 11.8 Å². The highest BCUT2D eigenvalue weighted by atomic mass is 79.9. The molecule has 2 aromatic rings. The van der Waals surface area contributed by atoms with Gasteiger partial charge in [-0.3, -0.25) is 9.59 Å². The van der Waals surface area contributed by atoms with E-state index in [0.717, 1.165) is 36.1 Å². The number of carbonyl (C=O) groups excluding carboxylic acids is 2. The van der Waals surface area contributed by atoms with Crippen LogP contribution < -0.4 is 10.6 Å². The van der Waals surface area contributed by atoms with Gasteiger partial charge in [0.15, 0.2) is 0 Å². The lowest BCUT2D eigenvalue weighted by Crippen LogP contribution is -2.28. The molecule has 1 fully saturated rings. The predicted octanol–water partition coefficient (Wildman–Crippen LogP) is 2.89. The third-order valence-corrected chi connectivity index (χ3v) is 4.45. The fraction of sp³-hybridized carbons (Fsp3) is 0.263. The number of nitrogens with zero attached hydrogens (tertiary/aromatic N) is 4. The van der Waals surface area contributed by atoms with Gasteiger partial charge >= 0.3 is 0 Å². The molecular formula is C19H22BrN5O2. The Morgan fingerprint density at radius 1 is 1.19 bits per heavy atom. The standard InChI is InChI=1S/C15H18N2O2.C4H4BrN3/c1-3-14(18)16(2)13-8-6-12(7-9-13)15(19)17-10-4-5-11-17;5-3-1-7-4(6)8-2-3/h3,6-9H,1,4-5,10-11H2,2H3;1-2H,(H2,6,7,8). The number of likely N-dealkylation sites (tertiary alicyclic amines) is 1. The van der Waals surface area contributed by atoms with Crippen LogP contribution in [0.25, 0.3) is 0 Å². The summed E-state index contributed by atoms with van der Waals surface area (Å²) < 4.78 is 0.840. The zero-order valence-electron chi connectivity index (χ0n) is 15.1. The summed E-state index contributed by atoms with van der Waals surface area (Å²) in [6.45, 7) is 5.14. The zero-order valence-corrected chi connectivity index (χ0v) is 16.7. The first-order valence-electron chi connectivity index (χ1n) is 8.45. The van der Waals surface area contributed by atoms with Crippen molar-refractivity contribution in [3.63, 3.8) is 0 Å². The first-order valence-corrected chi connectivity index (χ1v) is 9.24. The number of nitrogen functional groups attached to an aromatic ring is 1. The van der Waals surface area contributed by atoms with E-state index in [2.05, 4.69) is 32.5 Å². The summed E-state index contributed by atoms with van der Waals surface area (Å²) in [6.07, 6.45) is 6.63. The van der Waals surface area contributed by atoms with Gasteiger partial charge in [-0.25, -0.2) is 9.97 Å². The number of anilines is 2. The predicted molar refractivity (Wildman–Crippen MR) is 109 cm³/mol. The molecule has 0 bridgehead atoms. The van der Waals surface area contributed by atoms with Gasteiger partial charge in [-0.1, -0.05) is 6.58 Å². The average molecular weight is 432 g/mol. The molecule has 1 aromatic carbocycles. The zero-order chi connectivity index (χ0) is 19.8. The Bertz CT molecular complexity index is 766. The molecule has 142 valence electrons. The van der Waals surface area contributed by atoms with Crippen molar-refractivity contribution in [2.45, 2.75) is 12.8 Å². The second-order valence-corrected chi connectivity index (χ2v) is 6.82. The van der Waals surface area contributed by atoms with Crippen LogP contribution in [0.2, 0.25) is 0 Å². The molecule has 2 N–H and O–H groups in total. The van der Waals surface area contributed by atoms with E-state index >= 15 is 0 Å². The molecule has 2 amide bonds. The van der Waals surface area contributed by atoms with Crippen LogP contribution in [0.4, 0.5) is 11.6 Å². The Morgan fingerprint density at radius 2 is 1.74 bits per heavy atom. The van der Waals surface area contributed by atoms with Gasteiger partial charge in [-0.05, 0) is 59.1 Å². The molecule has 0 saturated carbocycles. The summed E-state index contributed by atoms with van der Waals surface area (Å²) in [5.41, 5.74) is 6.61. The molecule has 3 rings (SSSR count). The van der Waals surface area contributed by atoms with Crippen LogP contribution in [0.5, 0.6) is 0 Å². The van der Waals surface area contributed by atoms with Gasteiger partial charge in [0.25, 0.3) is 5.91 Å². The van der Waals surface area contributed by atoms with E-state index in [0.29, 0.717) is 11.5 Å². The second kappa shape index (κ2) is 9.82. The average Bonchev–Trinajstić information content (AvgIpc) is 3.24. The molecule has 0 radical (unpaired) electrons. The van der Waals surface area contributed by atoms with Crippen molar-refractivity contribution in [3.05, 3.63) is 59.4 Å². The van der Waals surface area contributed by atoms with E-state index in [1.165, 1.54) is 11.0 Å². The second-order valence-electron chi connectivity index (χ2n) is 5.91. The van der Waals surface area contributed by atoms with Crippen LogP contribution in [0, 0.1) is 0 Å². The molecule has 1 aromatic heterocycles. The number of hydrogen-bond donors (Lipinski definition) is 1. The van der Waals surface area contributed by atoms with Crippen LogP contribution in [0.15, 0.2) is 53.8 Å². The lowest BCUT2D eigenvalue weighted by molar-refractivity contribution is -0.113. The van der Waals surface area contributed by atoms with E-state index in [1.54, 1.807) is 43.7 Å². The third kappa shape index (κ3) is 5.89. The maximum Gasteiger partial charge on any atom is 0.253 e. The number of benzene rings is 1. The van der Waals surface area contributed by atoms with Gasteiger partial charge in [0.1, 0.15) is 0 Å². The number of hydrogen-bond acceptors (Lipinski definition) is 5. The summed E-state index contributed by atoms with van der Waals surface area (Å²) in [6, 6.07) is 7.10. The lowest BCUT2D eigenvalue weighted by Gasteiger charge is -2.17. The highest BCUT2D eigenvalue weighted by Gasteiger charge is 2.19. The number of amides is 2. The van der Waals surface area contributed by atoms with Crippen molar-refractivity contribution in [2.24, 2.45) is 0 Å². The summed E-state index contributed by atoms with van der Waals surface area (Å²) in [7, 11) is 1.68. The number of aromatic nitrogens is 2. The largest absolute Gasteiger partial charge is 0.368 e. The molecular weight excluding hydrogens is 410 g/mol. The topological polar surface area (TPSA) is 92.4 Å². The maximum atomic E-state index is 12.1. The van der Waals surface area contributed by atoms with Gasteiger partial charge in [-0.15, -0.1) is 0 Å². The van der Waals surface area contributed by atoms with Crippen LogP contribution in [-0.4, -0.2) is 46.8 Å². The number of carbonyl (C=O) groups is 2. The molecule has 0 aliphatic carbocycles. The quantitative estimate of drug-likeness (QED) is 0.754. The summed E-state index contributed by atoms with van der Waals surface area (Å²) in [4.78, 5) is 34.4. The van der Waals surface area contributed by atoms with Crippen molar-refractivity contribution >= 4 is 39.4 Å². The Kier molecular flexibility index (Phi) is 7.48. The molecule has 8 heteroatoms. The van der Waals surface area contributed by atoms with Crippen LogP contribution in [0.3, 0.4) is 0 Å². The van der Waals surface area contributed by atoms with Crippen LogP contribution >= 0.6 is 15.9 Å². The van der Waals surface area contributed by atoms with Gasteiger partial charge in [-0.2, -0.15) is 0 Å². The molecule has 2 heterocycles. The molecule has 27 heavy (non-hydrogen) atoms. The molecule has 7 nitrogen and oxygen atoms in total. The van der Waals surface area contributed by atoms with Crippen molar-refractivity contribution in [3.8, 4) is 0 Å². The third-order valence-electron chi connectivity index (χ3n) is 4.04. The summed E-state index contributed by atoms with van der Waals surface area (Å²) in [5, 5.41) is 0. The van der Waals surface area contributed by atoms with E-state index in [4.69, 9.17) is 5.73 Å². The molecule has 0 atom stereocenters. The molecule has 1 aliphatic rings. The fourth-order valence-corrected chi connectivity index (χ4v) is 2.72. The molecule has 1 saturated heterocycles. The lowest BCUT2D eigenvalue weighted by atomic mass is 10.1. The minimum absolute atomic E-state index is 0.0711. The molecule has 0 unspecified atom stereocenters. The highest BCUT2D eigenvalue weighted by Crippen LogP contribution is 2.17. The highest BCUT2D eigenvalue weighted by molar-refractivity contribution is 9.10. The van der Waals surface area contributed by atoms with Crippen molar-refractivity contribution in [1.29, 1.82) is 0 Å². The summed E-state index contributed by atoms with van der Waals surface area (Å²) >= 11 is 3.16. The monoisotopic (exact) mass is 431 g/mol. The van der Waals surface area contributed by atoms with Crippen molar-refractivity contribution in [1.82, 2.24) is 14.9 Å². The SMILES string of the molecule is C=CC(=O)N(C)c1ccc(C(=O)N2CCCC2)cc1.Nc1ncc(Br)cn1.